The van der Waals surface area contributed by atoms with Crippen LogP contribution in [0.15, 0.2) is 30.3 Å². The van der Waals surface area contributed by atoms with Crippen LogP contribution in [0.5, 0.6) is 0 Å². The van der Waals surface area contributed by atoms with Gasteiger partial charge in [0.2, 0.25) is 11.8 Å². The molecule has 1 aliphatic heterocycles. The number of carbonyl (C=O) groups excluding carboxylic acids is 2. The van der Waals surface area contributed by atoms with Gasteiger partial charge in [0.25, 0.3) is 0 Å². The monoisotopic (exact) mass is 370 g/mol. The standard InChI is InChI=1S/C22H30N2O3/c1-14(13-27-2)24-12-16(11-19(24)25)22(26)23-21-18-10-6-9-17(18)20(21)15-7-4-3-5-8-15/h3-5,7-8,14,16-18,20-21H,6,9-13H2,1-2H3,(H,23,26). The minimum absolute atomic E-state index is 0.0142. The van der Waals surface area contributed by atoms with E-state index >= 15 is 0 Å². The second-order valence-electron chi connectivity index (χ2n) is 8.48. The number of fused-ring (bicyclic) bond motifs is 1. The lowest BCUT2D eigenvalue weighted by molar-refractivity contribution is -0.131. The van der Waals surface area contributed by atoms with E-state index in [0.29, 0.717) is 37.3 Å². The molecule has 0 spiro atoms. The third-order valence-electron chi connectivity index (χ3n) is 6.90. The van der Waals surface area contributed by atoms with E-state index in [2.05, 4.69) is 29.6 Å². The molecule has 1 heterocycles. The summed E-state index contributed by atoms with van der Waals surface area (Å²) in [6.45, 7) is 2.98. The van der Waals surface area contributed by atoms with Gasteiger partial charge < -0.3 is 15.0 Å². The first-order valence-corrected chi connectivity index (χ1v) is 10.2. The van der Waals surface area contributed by atoms with E-state index in [1.54, 1.807) is 12.0 Å². The van der Waals surface area contributed by atoms with Crippen LogP contribution in [0.1, 0.15) is 44.1 Å². The Morgan fingerprint density at radius 2 is 2.00 bits per heavy atom. The number of rotatable bonds is 6. The van der Waals surface area contributed by atoms with Gasteiger partial charge in [-0.2, -0.15) is 0 Å². The summed E-state index contributed by atoms with van der Waals surface area (Å²) in [7, 11) is 1.64. The molecule has 1 aromatic rings. The lowest BCUT2D eigenvalue weighted by atomic mass is 9.59. The van der Waals surface area contributed by atoms with Crippen molar-refractivity contribution in [2.45, 2.75) is 50.6 Å². The Kier molecular flexibility index (Phi) is 5.22. The first kappa shape index (κ1) is 18.5. The highest BCUT2D eigenvalue weighted by molar-refractivity contribution is 5.89. The van der Waals surface area contributed by atoms with Crippen molar-refractivity contribution < 1.29 is 14.3 Å². The Balaban J connectivity index is 1.42. The van der Waals surface area contributed by atoms with Gasteiger partial charge in [-0.15, -0.1) is 0 Å². The Morgan fingerprint density at radius 3 is 2.74 bits per heavy atom. The van der Waals surface area contributed by atoms with Crippen LogP contribution in [-0.2, 0) is 14.3 Å². The van der Waals surface area contributed by atoms with Crippen molar-refractivity contribution in [2.75, 3.05) is 20.3 Å². The van der Waals surface area contributed by atoms with Gasteiger partial charge in [-0.3, -0.25) is 9.59 Å². The summed E-state index contributed by atoms with van der Waals surface area (Å²) in [4.78, 5) is 27.1. The van der Waals surface area contributed by atoms with Gasteiger partial charge in [0, 0.05) is 32.0 Å². The molecule has 27 heavy (non-hydrogen) atoms. The van der Waals surface area contributed by atoms with E-state index in [1.165, 1.54) is 24.8 Å². The highest BCUT2D eigenvalue weighted by atomic mass is 16.5. The molecule has 0 radical (unpaired) electrons. The van der Waals surface area contributed by atoms with Gasteiger partial charge in [0.15, 0.2) is 0 Å². The molecule has 2 aliphatic carbocycles. The average molecular weight is 370 g/mol. The molecule has 1 saturated heterocycles. The molecule has 2 amide bonds. The van der Waals surface area contributed by atoms with Crippen LogP contribution in [-0.4, -0.2) is 49.1 Å². The van der Waals surface area contributed by atoms with Gasteiger partial charge in [-0.25, -0.2) is 0 Å². The maximum atomic E-state index is 13.0. The van der Waals surface area contributed by atoms with Crippen molar-refractivity contribution in [3.8, 4) is 0 Å². The van der Waals surface area contributed by atoms with Crippen molar-refractivity contribution >= 4 is 11.8 Å². The Bertz CT molecular complexity index is 692. The molecule has 0 bridgehead atoms. The van der Waals surface area contributed by atoms with Gasteiger partial charge in [0.05, 0.1) is 18.6 Å². The minimum atomic E-state index is -0.242. The molecule has 6 atom stereocenters. The second-order valence-corrected chi connectivity index (χ2v) is 8.48. The zero-order valence-electron chi connectivity index (χ0n) is 16.3. The predicted molar refractivity (Wildman–Crippen MR) is 103 cm³/mol. The maximum Gasteiger partial charge on any atom is 0.225 e. The molecule has 2 saturated carbocycles. The van der Waals surface area contributed by atoms with Crippen LogP contribution >= 0.6 is 0 Å². The number of amides is 2. The summed E-state index contributed by atoms with van der Waals surface area (Å²) in [5, 5.41) is 3.34. The number of carbonyl (C=O) groups is 2. The highest BCUT2D eigenvalue weighted by Crippen LogP contribution is 2.56. The third kappa shape index (κ3) is 3.38. The summed E-state index contributed by atoms with van der Waals surface area (Å²) in [5.41, 5.74) is 1.34. The SMILES string of the molecule is COCC(C)N1CC(C(=O)NC2C3CCCC3C2c2ccccc2)CC1=O. The van der Waals surface area contributed by atoms with Crippen LogP contribution in [0, 0.1) is 17.8 Å². The molecule has 1 aromatic carbocycles. The normalized spacial score (nSPS) is 33.5. The van der Waals surface area contributed by atoms with Crippen LogP contribution in [0.2, 0.25) is 0 Å². The van der Waals surface area contributed by atoms with E-state index in [4.69, 9.17) is 4.74 Å². The molecule has 1 N–H and O–H groups in total. The summed E-state index contributed by atoms with van der Waals surface area (Å²) in [6, 6.07) is 10.8. The first-order chi connectivity index (χ1) is 13.1. The fourth-order valence-electron chi connectivity index (χ4n) is 5.57. The van der Waals surface area contributed by atoms with E-state index in [1.807, 2.05) is 13.0 Å². The molecule has 3 fully saturated rings. The first-order valence-electron chi connectivity index (χ1n) is 10.2. The summed E-state index contributed by atoms with van der Waals surface area (Å²) >= 11 is 0. The predicted octanol–water partition coefficient (Wildman–Crippen LogP) is 2.57. The van der Waals surface area contributed by atoms with Crippen molar-refractivity contribution in [3.63, 3.8) is 0 Å². The van der Waals surface area contributed by atoms with Crippen LogP contribution in [0.4, 0.5) is 0 Å². The average Bonchev–Trinajstić information content (AvgIpc) is 3.25. The topological polar surface area (TPSA) is 58.6 Å². The molecular formula is C22H30N2O3. The number of hydrogen-bond donors (Lipinski definition) is 1. The molecule has 3 aliphatic rings. The summed E-state index contributed by atoms with van der Waals surface area (Å²) in [6.07, 6.45) is 4.05. The largest absolute Gasteiger partial charge is 0.383 e. The van der Waals surface area contributed by atoms with Crippen molar-refractivity contribution in [3.05, 3.63) is 35.9 Å². The molecule has 0 aromatic heterocycles. The molecule has 5 nitrogen and oxygen atoms in total. The minimum Gasteiger partial charge on any atom is -0.383 e. The Hall–Kier alpha value is -1.88. The number of hydrogen-bond acceptors (Lipinski definition) is 3. The van der Waals surface area contributed by atoms with Crippen LogP contribution < -0.4 is 5.32 Å². The molecule has 4 rings (SSSR count). The number of benzene rings is 1. The number of nitrogens with one attached hydrogen (secondary N) is 1. The Morgan fingerprint density at radius 1 is 1.26 bits per heavy atom. The van der Waals surface area contributed by atoms with E-state index in [9.17, 15) is 9.59 Å². The lowest BCUT2D eigenvalue weighted by Gasteiger charge is -2.50. The van der Waals surface area contributed by atoms with Crippen LogP contribution in [0.25, 0.3) is 0 Å². The van der Waals surface area contributed by atoms with E-state index < -0.39 is 0 Å². The van der Waals surface area contributed by atoms with Gasteiger partial charge >= 0.3 is 0 Å². The van der Waals surface area contributed by atoms with Crippen molar-refractivity contribution in [1.29, 1.82) is 0 Å². The van der Waals surface area contributed by atoms with Gasteiger partial charge in [-0.05, 0) is 37.2 Å². The number of methoxy groups -OCH3 is 1. The van der Waals surface area contributed by atoms with Crippen LogP contribution in [0.3, 0.4) is 0 Å². The Labute approximate surface area is 161 Å². The summed E-state index contributed by atoms with van der Waals surface area (Å²) < 4.78 is 5.17. The second kappa shape index (κ2) is 7.63. The maximum absolute atomic E-state index is 13.0. The fourth-order valence-corrected chi connectivity index (χ4v) is 5.57. The van der Waals surface area contributed by atoms with Gasteiger partial charge in [-0.1, -0.05) is 36.8 Å². The quantitative estimate of drug-likeness (QED) is 0.837. The van der Waals surface area contributed by atoms with Gasteiger partial charge in [0.1, 0.15) is 0 Å². The molecule has 6 unspecified atom stereocenters. The fraction of sp³-hybridized carbons (Fsp3) is 0.636. The number of nitrogens with zero attached hydrogens (tertiary/aromatic N) is 1. The van der Waals surface area contributed by atoms with E-state index in [-0.39, 0.29) is 29.8 Å². The molecule has 5 heteroatoms. The molecular weight excluding hydrogens is 340 g/mol. The highest BCUT2D eigenvalue weighted by Gasteiger charge is 2.53. The zero-order valence-corrected chi connectivity index (χ0v) is 16.3. The zero-order chi connectivity index (χ0) is 19.0. The third-order valence-corrected chi connectivity index (χ3v) is 6.90. The lowest BCUT2D eigenvalue weighted by Crippen LogP contribution is -2.57. The van der Waals surface area contributed by atoms with E-state index in [0.717, 1.165) is 0 Å². The van der Waals surface area contributed by atoms with Crippen molar-refractivity contribution in [1.82, 2.24) is 10.2 Å². The molecule has 146 valence electrons. The number of likely N-dealkylation sites (tertiary alicyclic amines) is 1. The summed E-state index contributed by atoms with van der Waals surface area (Å²) in [5.74, 6) is 1.58. The number of ether oxygens (including phenoxy) is 1. The van der Waals surface area contributed by atoms with Crippen molar-refractivity contribution in [2.24, 2.45) is 17.8 Å². The smallest absolute Gasteiger partial charge is 0.225 e.